The van der Waals surface area contributed by atoms with Crippen molar-refractivity contribution in [1.29, 1.82) is 0 Å². The predicted molar refractivity (Wildman–Crippen MR) is 84.4 cm³/mol. The fourth-order valence-corrected chi connectivity index (χ4v) is 3.34. The lowest BCUT2D eigenvalue weighted by molar-refractivity contribution is -0.145. The quantitative estimate of drug-likeness (QED) is 0.887. The molecule has 1 aromatic carbocycles. The van der Waals surface area contributed by atoms with Gasteiger partial charge in [-0.1, -0.05) is 22.9 Å². The Morgan fingerprint density at radius 2 is 1.95 bits per heavy atom. The highest BCUT2D eigenvalue weighted by atomic mass is 79.9. The summed E-state index contributed by atoms with van der Waals surface area (Å²) < 4.78 is 0.995. The van der Waals surface area contributed by atoms with Crippen LogP contribution in [0.4, 0.5) is 0 Å². The second kappa shape index (κ2) is 6.18. The Hall–Kier alpha value is -1.36. The molecular weight excluding hydrogens is 334 g/mol. The van der Waals surface area contributed by atoms with Crippen LogP contribution in [-0.4, -0.2) is 35.0 Å². The molecule has 0 aliphatic carbocycles. The highest BCUT2D eigenvalue weighted by molar-refractivity contribution is 9.10. The van der Waals surface area contributed by atoms with E-state index in [1.54, 1.807) is 4.90 Å². The van der Waals surface area contributed by atoms with Gasteiger partial charge in [0, 0.05) is 23.1 Å². The molecule has 0 bridgehead atoms. The molecule has 0 saturated carbocycles. The second-order valence-electron chi connectivity index (χ2n) is 5.88. The van der Waals surface area contributed by atoms with Gasteiger partial charge in [0.05, 0.1) is 5.92 Å². The number of hydrogen-bond acceptors (Lipinski definition) is 2. The maximum absolute atomic E-state index is 12.7. The highest BCUT2D eigenvalue weighted by Crippen LogP contribution is 2.27. The number of benzene rings is 1. The van der Waals surface area contributed by atoms with Crippen molar-refractivity contribution in [2.75, 3.05) is 13.1 Å². The molecule has 2 unspecified atom stereocenters. The van der Waals surface area contributed by atoms with Crippen molar-refractivity contribution in [3.8, 4) is 0 Å². The highest BCUT2D eigenvalue weighted by Gasteiger charge is 2.33. The average molecular weight is 354 g/mol. The topological polar surface area (TPSA) is 57.6 Å². The molecule has 1 N–H and O–H groups in total. The first-order chi connectivity index (χ1) is 9.81. The van der Waals surface area contributed by atoms with Crippen LogP contribution in [0.15, 0.2) is 16.6 Å². The molecule has 1 aromatic rings. The minimum absolute atomic E-state index is 0.00112. The lowest BCUT2D eigenvalue weighted by atomic mass is 9.86. The SMILES string of the molecule is Cc1cc(C(=O)N2CCC(C(=O)O)C(C)C2)c(C)cc1Br. The van der Waals surface area contributed by atoms with Crippen LogP contribution in [0.25, 0.3) is 0 Å². The summed E-state index contributed by atoms with van der Waals surface area (Å²) in [5.74, 6) is -1.12. The molecule has 1 aliphatic heterocycles. The molecule has 1 amide bonds. The smallest absolute Gasteiger partial charge is 0.306 e. The number of hydrogen-bond donors (Lipinski definition) is 1. The van der Waals surface area contributed by atoms with E-state index in [4.69, 9.17) is 5.11 Å². The lowest BCUT2D eigenvalue weighted by Gasteiger charge is -2.35. The summed E-state index contributed by atoms with van der Waals surface area (Å²) in [5, 5.41) is 9.15. The van der Waals surface area contributed by atoms with E-state index < -0.39 is 5.97 Å². The van der Waals surface area contributed by atoms with E-state index in [1.165, 1.54) is 0 Å². The molecule has 1 fully saturated rings. The Morgan fingerprint density at radius 1 is 1.29 bits per heavy atom. The summed E-state index contributed by atoms with van der Waals surface area (Å²) in [6, 6.07) is 3.85. The number of rotatable bonds is 2. The number of piperidine rings is 1. The van der Waals surface area contributed by atoms with Gasteiger partial charge < -0.3 is 10.0 Å². The maximum atomic E-state index is 12.7. The van der Waals surface area contributed by atoms with Gasteiger partial charge in [-0.15, -0.1) is 0 Å². The number of likely N-dealkylation sites (tertiary alicyclic amines) is 1. The third kappa shape index (κ3) is 3.28. The van der Waals surface area contributed by atoms with Crippen molar-refractivity contribution in [1.82, 2.24) is 4.90 Å². The fourth-order valence-electron chi connectivity index (χ4n) is 2.88. The van der Waals surface area contributed by atoms with Crippen LogP contribution in [0.3, 0.4) is 0 Å². The molecule has 1 heterocycles. The zero-order valence-corrected chi connectivity index (χ0v) is 14.1. The maximum Gasteiger partial charge on any atom is 0.306 e. The number of aryl methyl sites for hydroxylation is 2. The zero-order chi connectivity index (χ0) is 15.7. The molecule has 5 heteroatoms. The van der Waals surface area contributed by atoms with Gasteiger partial charge in [0.1, 0.15) is 0 Å². The van der Waals surface area contributed by atoms with E-state index in [0.29, 0.717) is 25.1 Å². The predicted octanol–water partition coefficient (Wildman–Crippen LogP) is 3.25. The number of nitrogens with zero attached hydrogens (tertiary/aromatic N) is 1. The molecule has 114 valence electrons. The van der Waals surface area contributed by atoms with Gasteiger partial charge in [-0.25, -0.2) is 0 Å². The van der Waals surface area contributed by atoms with Gasteiger partial charge in [0.2, 0.25) is 0 Å². The Bertz CT molecular complexity index is 585. The number of aliphatic carboxylic acids is 1. The van der Waals surface area contributed by atoms with Crippen molar-refractivity contribution in [2.45, 2.75) is 27.2 Å². The largest absolute Gasteiger partial charge is 0.481 e. The van der Waals surface area contributed by atoms with Crippen LogP contribution in [0.5, 0.6) is 0 Å². The minimum Gasteiger partial charge on any atom is -0.481 e. The van der Waals surface area contributed by atoms with Gasteiger partial charge in [-0.2, -0.15) is 0 Å². The van der Waals surface area contributed by atoms with Crippen LogP contribution in [0, 0.1) is 25.7 Å². The molecule has 2 atom stereocenters. The van der Waals surface area contributed by atoms with Crippen molar-refractivity contribution >= 4 is 27.8 Å². The third-order valence-electron chi connectivity index (χ3n) is 4.25. The summed E-state index contributed by atoms with van der Waals surface area (Å²) in [4.78, 5) is 25.6. The van der Waals surface area contributed by atoms with E-state index in [9.17, 15) is 9.59 Å². The van der Waals surface area contributed by atoms with Crippen molar-refractivity contribution in [3.63, 3.8) is 0 Å². The van der Waals surface area contributed by atoms with Crippen molar-refractivity contribution < 1.29 is 14.7 Å². The van der Waals surface area contributed by atoms with Crippen LogP contribution in [0.1, 0.15) is 34.8 Å². The van der Waals surface area contributed by atoms with Crippen molar-refractivity contribution in [2.24, 2.45) is 11.8 Å². The first-order valence-corrected chi connectivity index (χ1v) is 7.89. The van der Waals surface area contributed by atoms with Gasteiger partial charge in [0.15, 0.2) is 0 Å². The summed E-state index contributed by atoms with van der Waals surface area (Å²) >= 11 is 3.47. The lowest BCUT2D eigenvalue weighted by Crippen LogP contribution is -2.45. The Labute approximate surface area is 133 Å². The summed E-state index contributed by atoms with van der Waals surface area (Å²) in [5.41, 5.74) is 2.67. The first kappa shape index (κ1) is 16.0. The van der Waals surface area contributed by atoms with Crippen molar-refractivity contribution in [3.05, 3.63) is 33.3 Å². The zero-order valence-electron chi connectivity index (χ0n) is 12.5. The summed E-state index contributed by atoms with van der Waals surface area (Å²) in [6.07, 6.45) is 0.525. The number of carbonyl (C=O) groups excluding carboxylic acids is 1. The molecular formula is C16H20BrNO3. The van der Waals surface area contributed by atoms with Gasteiger partial charge in [0.25, 0.3) is 5.91 Å². The second-order valence-corrected chi connectivity index (χ2v) is 6.73. The van der Waals surface area contributed by atoms with E-state index in [1.807, 2.05) is 32.9 Å². The normalized spacial score (nSPS) is 22.2. The summed E-state index contributed by atoms with van der Waals surface area (Å²) in [6.45, 7) is 6.79. The average Bonchev–Trinajstić information content (AvgIpc) is 2.41. The number of carboxylic acid groups (broad SMARTS) is 1. The van der Waals surface area contributed by atoms with E-state index in [-0.39, 0.29) is 17.7 Å². The molecule has 0 aromatic heterocycles. The molecule has 1 saturated heterocycles. The molecule has 0 radical (unpaired) electrons. The molecule has 2 rings (SSSR count). The monoisotopic (exact) mass is 353 g/mol. The summed E-state index contributed by atoms with van der Waals surface area (Å²) in [7, 11) is 0. The third-order valence-corrected chi connectivity index (χ3v) is 5.10. The first-order valence-electron chi connectivity index (χ1n) is 7.10. The molecule has 21 heavy (non-hydrogen) atoms. The van der Waals surface area contributed by atoms with E-state index >= 15 is 0 Å². The van der Waals surface area contributed by atoms with E-state index in [0.717, 1.165) is 15.6 Å². The number of carboxylic acids is 1. The van der Waals surface area contributed by atoms with Crippen LogP contribution in [-0.2, 0) is 4.79 Å². The van der Waals surface area contributed by atoms with Gasteiger partial charge >= 0.3 is 5.97 Å². The fraction of sp³-hybridized carbons (Fsp3) is 0.500. The van der Waals surface area contributed by atoms with Gasteiger partial charge in [-0.3, -0.25) is 9.59 Å². The Balaban J connectivity index is 2.19. The van der Waals surface area contributed by atoms with E-state index in [2.05, 4.69) is 15.9 Å². The van der Waals surface area contributed by atoms with Crippen LogP contribution < -0.4 is 0 Å². The minimum atomic E-state index is -0.759. The van der Waals surface area contributed by atoms with Crippen LogP contribution in [0.2, 0.25) is 0 Å². The van der Waals surface area contributed by atoms with Crippen LogP contribution >= 0.6 is 15.9 Å². The number of halogens is 1. The molecule has 4 nitrogen and oxygen atoms in total. The standard InChI is InChI=1S/C16H20BrNO3/c1-9-7-14(17)10(2)6-13(9)15(19)18-5-4-12(16(20)21)11(3)8-18/h6-7,11-12H,4-5,8H2,1-3H3,(H,20,21). The number of amides is 1. The molecule has 1 aliphatic rings. The van der Waals surface area contributed by atoms with Gasteiger partial charge in [-0.05, 0) is 49.4 Å². The number of carbonyl (C=O) groups is 2. The Kier molecular flexibility index (Phi) is 4.71. The Morgan fingerprint density at radius 3 is 2.52 bits per heavy atom. The molecule has 0 spiro atoms.